The molecule has 1 aliphatic carbocycles. The molecule has 1 atom stereocenters. The number of rotatable bonds is 7. The van der Waals surface area contributed by atoms with Crippen LogP contribution in [0.25, 0.3) is 0 Å². The lowest BCUT2D eigenvalue weighted by Crippen LogP contribution is -2.37. The van der Waals surface area contributed by atoms with Gasteiger partial charge in [0.05, 0.1) is 11.6 Å². The summed E-state index contributed by atoms with van der Waals surface area (Å²) in [6.45, 7) is 1.44. The standard InChI is InChI=1S/C24H24FNO/c25-22-13-11-21(12-14-22)23(24(27)15-16-24)26(17-19-7-3-1-4-8-19)18-20-9-5-2-6-10-20/h1-14,23,27H,15-18H2. The molecule has 2 nitrogen and oxygen atoms in total. The predicted molar refractivity (Wildman–Crippen MR) is 105 cm³/mol. The van der Waals surface area contributed by atoms with Gasteiger partial charge in [0.25, 0.3) is 0 Å². The molecule has 0 saturated heterocycles. The first kappa shape index (κ1) is 17.9. The van der Waals surface area contributed by atoms with Gasteiger partial charge in [-0.1, -0.05) is 72.8 Å². The van der Waals surface area contributed by atoms with Crippen molar-refractivity contribution in [2.45, 2.75) is 37.6 Å². The third-order valence-electron chi connectivity index (χ3n) is 5.28. The summed E-state index contributed by atoms with van der Waals surface area (Å²) in [6.07, 6.45) is 1.55. The molecule has 138 valence electrons. The average Bonchev–Trinajstić information content (AvgIpc) is 3.43. The van der Waals surface area contributed by atoms with E-state index in [9.17, 15) is 9.50 Å². The minimum Gasteiger partial charge on any atom is -0.388 e. The van der Waals surface area contributed by atoms with Gasteiger partial charge in [-0.3, -0.25) is 4.90 Å². The van der Waals surface area contributed by atoms with E-state index in [-0.39, 0.29) is 11.9 Å². The van der Waals surface area contributed by atoms with Crippen LogP contribution < -0.4 is 0 Å². The lowest BCUT2D eigenvalue weighted by Gasteiger charge is -2.36. The number of aliphatic hydroxyl groups is 1. The van der Waals surface area contributed by atoms with Gasteiger partial charge in [0.2, 0.25) is 0 Å². The topological polar surface area (TPSA) is 23.5 Å². The largest absolute Gasteiger partial charge is 0.388 e. The summed E-state index contributed by atoms with van der Waals surface area (Å²) >= 11 is 0. The number of hydrogen-bond acceptors (Lipinski definition) is 2. The molecular formula is C24H24FNO. The fraction of sp³-hybridized carbons (Fsp3) is 0.250. The van der Waals surface area contributed by atoms with Crippen LogP contribution >= 0.6 is 0 Å². The maximum atomic E-state index is 13.5. The summed E-state index contributed by atoms with van der Waals surface area (Å²) in [5.74, 6) is -0.252. The second-order valence-electron chi connectivity index (χ2n) is 7.43. The van der Waals surface area contributed by atoms with Crippen LogP contribution in [-0.2, 0) is 13.1 Å². The van der Waals surface area contributed by atoms with Gasteiger partial charge in [0, 0.05) is 13.1 Å². The van der Waals surface area contributed by atoms with Crippen molar-refractivity contribution in [1.82, 2.24) is 4.90 Å². The highest BCUT2D eigenvalue weighted by atomic mass is 19.1. The number of nitrogens with zero attached hydrogens (tertiary/aromatic N) is 1. The number of hydrogen-bond donors (Lipinski definition) is 1. The Morgan fingerprint density at radius 1 is 0.778 bits per heavy atom. The molecule has 1 aliphatic rings. The molecule has 0 aliphatic heterocycles. The Bertz CT molecular complexity index is 818. The maximum Gasteiger partial charge on any atom is 0.123 e. The summed E-state index contributed by atoms with van der Waals surface area (Å²) < 4.78 is 13.5. The van der Waals surface area contributed by atoms with Crippen LogP contribution in [0, 0.1) is 5.82 Å². The Hall–Kier alpha value is -2.49. The molecule has 0 heterocycles. The van der Waals surface area contributed by atoms with Gasteiger partial charge in [-0.05, 0) is 41.7 Å². The second kappa shape index (κ2) is 7.63. The Kier molecular flexibility index (Phi) is 5.06. The first-order valence-electron chi connectivity index (χ1n) is 9.44. The summed E-state index contributed by atoms with van der Waals surface area (Å²) in [5.41, 5.74) is 2.61. The van der Waals surface area contributed by atoms with Gasteiger partial charge in [-0.25, -0.2) is 4.39 Å². The molecule has 0 spiro atoms. The zero-order valence-electron chi connectivity index (χ0n) is 15.3. The highest BCUT2D eigenvalue weighted by Crippen LogP contribution is 2.49. The van der Waals surface area contributed by atoms with Crippen LogP contribution in [0.4, 0.5) is 4.39 Å². The maximum absolute atomic E-state index is 13.5. The quantitative estimate of drug-likeness (QED) is 0.633. The van der Waals surface area contributed by atoms with E-state index < -0.39 is 5.60 Å². The molecule has 3 heteroatoms. The van der Waals surface area contributed by atoms with Crippen molar-refractivity contribution < 1.29 is 9.50 Å². The first-order chi connectivity index (χ1) is 13.1. The van der Waals surface area contributed by atoms with Gasteiger partial charge in [0.15, 0.2) is 0 Å². The van der Waals surface area contributed by atoms with Gasteiger partial charge in [-0.2, -0.15) is 0 Å². The molecule has 1 unspecified atom stereocenters. The van der Waals surface area contributed by atoms with Crippen LogP contribution in [0.5, 0.6) is 0 Å². The van der Waals surface area contributed by atoms with E-state index in [1.54, 1.807) is 12.1 Å². The molecule has 1 saturated carbocycles. The minimum absolute atomic E-state index is 0.168. The molecule has 0 amide bonds. The lowest BCUT2D eigenvalue weighted by atomic mass is 9.96. The zero-order chi connectivity index (χ0) is 18.7. The highest BCUT2D eigenvalue weighted by Gasteiger charge is 2.50. The number of benzene rings is 3. The molecular weight excluding hydrogens is 337 g/mol. The van der Waals surface area contributed by atoms with E-state index in [1.165, 1.54) is 23.3 Å². The first-order valence-corrected chi connectivity index (χ1v) is 9.44. The van der Waals surface area contributed by atoms with E-state index >= 15 is 0 Å². The molecule has 1 N–H and O–H groups in total. The van der Waals surface area contributed by atoms with Crippen molar-refractivity contribution in [1.29, 1.82) is 0 Å². The van der Waals surface area contributed by atoms with Crippen LogP contribution in [0.1, 0.15) is 35.6 Å². The minimum atomic E-state index is -0.749. The average molecular weight is 361 g/mol. The highest BCUT2D eigenvalue weighted by molar-refractivity contribution is 5.28. The monoisotopic (exact) mass is 361 g/mol. The van der Waals surface area contributed by atoms with Crippen LogP contribution in [-0.4, -0.2) is 15.6 Å². The molecule has 0 aromatic heterocycles. The lowest BCUT2D eigenvalue weighted by molar-refractivity contribution is 0.0189. The van der Waals surface area contributed by atoms with Crippen LogP contribution in [0.15, 0.2) is 84.9 Å². The summed E-state index contributed by atoms with van der Waals surface area (Å²) in [4.78, 5) is 2.31. The van der Waals surface area contributed by atoms with E-state index in [0.717, 1.165) is 31.5 Å². The fourth-order valence-electron chi connectivity index (χ4n) is 3.78. The van der Waals surface area contributed by atoms with Gasteiger partial charge >= 0.3 is 0 Å². The van der Waals surface area contributed by atoms with Crippen molar-refractivity contribution >= 4 is 0 Å². The van der Waals surface area contributed by atoms with Crippen molar-refractivity contribution in [3.8, 4) is 0 Å². The van der Waals surface area contributed by atoms with Crippen molar-refractivity contribution in [3.63, 3.8) is 0 Å². The Labute approximate surface area is 159 Å². The van der Waals surface area contributed by atoms with E-state index in [4.69, 9.17) is 0 Å². The third-order valence-corrected chi connectivity index (χ3v) is 5.28. The van der Waals surface area contributed by atoms with E-state index in [0.29, 0.717) is 0 Å². The van der Waals surface area contributed by atoms with Crippen molar-refractivity contribution in [2.24, 2.45) is 0 Å². The normalized spacial score (nSPS) is 16.3. The molecule has 4 rings (SSSR count). The van der Waals surface area contributed by atoms with Crippen molar-refractivity contribution in [2.75, 3.05) is 0 Å². The Morgan fingerprint density at radius 2 is 1.26 bits per heavy atom. The fourth-order valence-corrected chi connectivity index (χ4v) is 3.78. The second-order valence-corrected chi connectivity index (χ2v) is 7.43. The molecule has 3 aromatic carbocycles. The zero-order valence-corrected chi connectivity index (χ0v) is 15.3. The van der Waals surface area contributed by atoms with E-state index in [1.807, 2.05) is 36.4 Å². The summed E-state index contributed by atoms with van der Waals surface area (Å²) in [7, 11) is 0. The Morgan fingerprint density at radius 3 is 1.70 bits per heavy atom. The molecule has 1 fully saturated rings. The smallest absolute Gasteiger partial charge is 0.123 e. The van der Waals surface area contributed by atoms with Gasteiger partial charge in [0.1, 0.15) is 5.82 Å². The van der Waals surface area contributed by atoms with Gasteiger partial charge < -0.3 is 5.11 Å². The SMILES string of the molecule is OC1(C(c2ccc(F)cc2)N(Cc2ccccc2)Cc2ccccc2)CC1. The molecule has 3 aromatic rings. The van der Waals surface area contributed by atoms with Crippen LogP contribution in [0.3, 0.4) is 0 Å². The summed E-state index contributed by atoms with van der Waals surface area (Å²) in [5, 5.41) is 11.1. The van der Waals surface area contributed by atoms with Crippen LogP contribution in [0.2, 0.25) is 0 Å². The molecule has 27 heavy (non-hydrogen) atoms. The Balaban J connectivity index is 1.70. The van der Waals surface area contributed by atoms with Gasteiger partial charge in [-0.15, -0.1) is 0 Å². The van der Waals surface area contributed by atoms with E-state index in [2.05, 4.69) is 29.2 Å². The third kappa shape index (κ3) is 4.26. The molecule has 0 bridgehead atoms. The predicted octanol–water partition coefficient (Wildman–Crippen LogP) is 5.09. The molecule has 0 radical (unpaired) electrons. The summed E-state index contributed by atoms with van der Waals surface area (Å²) in [6, 6.07) is 27.0. The number of halogens is 1. The van der Waals surface area contributed by atoms with Crippen molar-refractivity contribution in [3.05, 3.63) is 107 Å².